The Bertz CT molecular complexity index is 707. The van der Waals surface area contributed by atoms with E-state index in [4.69, 9.17) is 9.47 Å². The van der Waals surface area contributed by atoms with E-state index in [-0.39, 0.29) is 5.91 Å². The minimum Gasteiger partial charge on any atom is -0.493 e. The Morgan fingerprint density at radius 1 is 1.27 bits per heavy atom. The third kappa shape index (κ3) is 2.54. The van der Waals surface area contributed by atoms with Crippen LogP contribution in [0.4, 0.5) is 5.13 Å². The quantitative estimate of drug-likeness (QED) is 0.920. The van der Waals surface area contributed by atoms with E-state index in [9.17, 15) is 4.79 Å². The van der Waals surface area contributed by atoms with Crippen molar-refractivity contribution in [3.05, 3.63) is 34.8 Å². The van der Waals surface area contributed by atoms with Gasteiger partial charge in [0.25, 0.3) is 0 Å². The lowest BCUT2D eigenvalue weighted by Crippen LogP contribution is -2.27. The highest BCUT2D eigenvalue weighted by molar-refractivity contribution is 7.13. The molecule has 0 saturated heterocycles. The SMILES string of the molecule is COc1ccc(C2(C(=O)Nc3nc(C)cs3)CC2)cc1OC. The largest absolute Gasteiger partial charge is 0.493 e. The van der Waals surface area contributed by atoms with Crippen molar-refractivity contribution >= 4 is 22.4 Å². The minimum atomic E-state index is -0.473. The summed E-state index contributed by atoms with van der Waals surface area (Å²) >= 11 is 1.44. The molecule has 1 aliphatic rings. The standard InChI is InChI=1S/C16H18N2O3S/c1-10-9-22-15(17-10)18-14(19)16(6-7-16)11-4-5-12(20-2)13(8-11)21-3/h4-5,8-9H,6-7H2,1-3H3,(H,17,18,19). The number of benzene rings is 1. The fourth-order valence-electron chi connectivity index (χ4n) is 2.53. The number of anilines is 1. The van der Waals surface area contributed by atoms with Crippen molar-refractivity contribution in [1.29, 1.82) is 0 Å². The Hall–Kier alpha value is -2.08. The van der Waals surface area contributed by atoms with Crippen LogP contribution >= 0.6 is 11.3 Å². The lowest BCUT2D eigenvalue weighted by atomic mass is 9.94. The van der Waals surface area contributed by atoms with E-state index in [2.05, 4.69) is 10.3 Å². The summed E-state index contributed by atoms with van der Waals surface area (Å²) in [5, 5.41) is 5.50. The average molecular weight is 318 g/mol. The first-order chi connectivity index (χ1) is 10.6. The van der Waals surface area contributed by atoms with Gasteiger partial charge in [-0.15, -0.1) is 11.3 Å². The van der Waals surface area contributed by atoms with Gasteiger partial charge in [0.1, 0.15) is 0 Å². The van der Waals surface area contributed by atoms with Gasteiger partial charge in [0, 0.05) is 5.38 Å². The molecule has 1 aliphatic carbocycles. The zero-order valence-electron chi connectivity index (χ0n) is 12.8. The summed E-state index contributed by atoms with van der Waals surface area (Å²) in [6.07, 6.45) is 1.66. The van der Waals surface area contributed by atoms with Crippen molar-refractivity contribution in [1.82, 2.24) is 4.98 Å². The Kier molecular flexibility index (Phi) is 3.78. The number of carbonyl (C=O) groups excluding carboxylic acids is 1. The number of methoxy groups -OCH3 is 2. The fourth-order valence-corrected chi connectivity index (χ4v) is 3.22. The molecule has 1 N–H and O–H groups in total. The lowest BCUT2D eigenvalue weighted by Gasteiger charge is -2.17. The summed E-state index contributed by atoms with van der Waals surface area (Å²) in [7, 11) is 3.20. The molecule has 2 aromatic rings. The monoisotopic (exact) mass is 318 g/mol. The van der Waals surface area contributed by atoms with Crippen LogP contribution in [0.25, 0.3) is 0 Å². The molecule has 1 aromatic carbocycles. The zero-order chi connectivity index (χ0) is 15.7. The third-order valence-corrected chi connectivity index (χ3v) is 4.84. The molecule has 5 nitrogen and oxygen atoms in total. The molecule has 0 unspecified atom stereocenters. The number of rotatable bonds is 5. The Balaban J connectivity index is 1.85. The topological polar surface area (TPSA) is 60.5 Å². The number of amides is 1. The number of nitrogens with zero attached hydrogens (tertiary/aromatic N) is 1. The van der Waals surface area contributed by atoms with E-state index in [1.165, 1.54) is 11.3 Å². The molecule has 0 radical (unpaired) electrons. The minimum absolute atomic E-state index is 0.00549. The molecular weight excluding hydrogens is 300 g/mol. The van der Waals surface area contributed by atoms with Crippen LogP contribution in [0.1, 0.15) is 24.1 Å². The zero-order valence-corrected chi connectivity index (χ0v) is 13.6. The first-order valence-electron chi connectivity index (χ1n) is 7.05. The highest BCUT2D eigenvalue weighted by Gasteiger charge is 2.51. The van der Waals surface area contributed by atoms with E-state index in [1.54, 1.807) is 14.2 Å². The molecule has 116 valence electrons. The fraction of sp³-hybridized carbons (Fsp3) is 0.375. The molecule has 22 heavy (non-hydrogen) atoms. The van der Waals surface area contributed by atoms with Crippen LogP contribution in [0.15, 0.2) is 23.6 Å². The van der Waals surface area contributed by atoms with E-state index >= 15 is 0 Å². The van der Waals surface area contributed by atoms with Gasteiger partial charge in [-0.2, -0.15) is 0 Å². The number of aryl methyl sites for hydroxylation is 1. The number of thiazole rings is 1. The normalized spacial score (nSPS) is 15.2. The molecule has 1 saturated carbocycles. The smallest absolute Gasteiger partial charge is 0.236 e. The molecule has 1 aromatic heterocycles. The van der Waals surface area contributed by atoms with Crippen molar-refractivity contribution in [2.24, 2.45) is 0 Å². The number of nitrogens with one attached hydrogen (secondary N) is 1. The predicted molar refractivity (Wildman–Crippen MR) is 85.9 cm³/mol. The van der Waals surface area contributed by atoms with Gasteiger partial charge < -0.3 is 14.8 Å². The molecule has 0 bridgehead atoms. The highest BCUT2D eigenvalue weighted by atomic mass is 32.1. The van der Waals surface area contributed by atoms with E-state index in [0.717, 1.165) is 24.1 Å². The van der Waals surface area contributed by atoms with Crippen molar-refractivity contribution in [3.8, 4) is 11.5 Å². The Morgan fingerprint density at radius 2 is 2.00 bits per heavy atom. The lowest BCUT2D eigenvalue weighted by molar-refractivity contribution is -0.118. The summed E-state index contributed by atoms with van der Waals surface area (Å²) in [4.78, 5) is 16.9. The average Bonchev–Trinajstić information content (AvgIpc) is 3.25. The van der Waals surface area contributed by atoms with Crippen LogP contribution in [0.3, 0.4) is 0 Å². The van der Waals surface area contributed by atoms with E-state index in [0.29, 0.717) is 16.6 Å². The molecule has 1 amide bonds. The maximum Gasteiger partial charge on any atom is 0.236 e. The van der Waals surface area contributed by atoms with Gasteiger partial charge in [0.15, 0.2) is 16.6 Å². The maximum absolute atomic E-state index is 12.6. The van der Waals surface area contributed by atoms with Crippen molar-refractivity contribution < 1.29 is 14.3 Å². The molecule has 6 heteroatoms. The first-order valence-corrected chi connectivity index (χ1v) is 7.93. The van der Waals surface area contributed by atoms with Gasteiger partial charge in [-0.25, -0.2) is 4.98 Å². The number of hydrogen-bond acceptors (Lipinski definition) is 5. The van der Waals surface area contributed by atoms with Gasteiger partial charge >= 0.3 is 0 Å². The summed E-state index contributed by atoms with van der Waals surface area (Å²) in [5.41, 5.74) is 1.39. The van der Waals surface area contributed by atoms with Crippen LogP contribution in [0.5, 0.6) is 11.5 Å². The maximum atomic E-state index is 12.6. The number of aromatic nitrogens is 1. The van der Waals surface area contributed by atoms with Crippen molar-refractivity contribution in [2.75, 3.05) is 19.5 Å². The highest BCUT2D eigenvalue weighted by Crippen LogP contribution is 2.50. The van der Waals surface area contributed by atoms with Crippen LogP contribution in [-0.4, -0.2) is 25.1 Å². The van der Waals surface area contributed by atoms with Gasteiger partial charge in [-0.05, 0) is 37.5 Å². The number of carbonyl (C=O) groups is 1. The molecular formula is C16H18N2O3S. The van der Waals surface area contributed by atoms with Crippen LogP contribution < -0.4 is 14.8 Å². The molecule has 0 spiro atoms. The predicted octanol–water partition coefficient (Wildman–Crippen LogP) is 3.14. The van der Waals surface area contributed by atoms with E-state index < -0.39 is 5.41 Å². The van der Waals surface area contributed by atoms with Crippen LogP contribution in [0.2, 0.25) is 0 Å². The molecule has 0 aliphatic heterocycles. The van der Waals surface area contributed by atoms with Crippen LogP contribution in [-0.2, 0) is 10.2 Å². The van der Waals surface area contributed by atoms with Gasteiger partial charge in [-0.3, -0.25) is 4.79 Å². The molecule has 0 atom stereocenters. The summed E-state index contributed by atoms with van der Waals surface area (Å²) < 4.78 is 10.6. The van der Waals surface area contributed by atoms with Crippen molar-refractivity contribution in [3.63, 3.8) is 0 Å². The van der Waals surface area contributed by atoms with Gasteiger partial charge in [0.2, 0.25) is 5.91 Å². The summed E-state index contributed by atoms with van der Waals surface area (Å²) in [6.45, 7) is 1.91. The molecule has 1 heterocycles. The van der Waals surface area contributed by atoms with Crippen LogP contribution in [0, 0.1) is 6.92 Å². The second-order valence-corrected chi connectivity index (χ2v) is 6.26. The van der Waals surface area contributed by atoms with Crippen molar-refractivity contribution in [2.45, 2.75) is 25.2 Å². The first kappa shape index (κ1) is 14.8. The molecule has 3 rings (SSSR count). The van der Waals surface area contributed by atoms with Gasteiger partial charge in [-0.1, -0.05) is 6.07 Å². The Morgan fingerprint density at radius 3 is 2.55 bits per heavy atom. The number of hydrogen-bond donors (Lipinski definition) is 1. The summed E-state index contributed by atoms with van der Waals surface area (Å²) in [6, 6.07) is 5.66. The second kappa shape index (κ2) is 5.61. The van der Waals surface area contributed by atoms with Gasteiger partial charge in [0.05, 0.1) is 25.3 Å². The Labute approximate surface area is 133 Å². The summed E-state index contributed by atoms with van der Waals surface area (Å²) in [5.74, 6) is 1.30. The third-order valence-electron chi connectivity index (χ3n) is 3.96. The van der Waals surface area contributed by atoms with E-state index in [1.807, 2.05) is 30.5 Å². The second-order valence-electron chi connectivity index (χ2n) is 5.40. The number of ether oxygens (including phenoxy) is 2. The molecule has 1 fully saturated rings.